The van der Waals surface area contributed by atoms with E-state index in [1.807, 2.05) is 60.1 Å². The van der Waals surface area contributed by atoms with Gasteiger partial charge in [0.25, 0.3) is 0 Å². The Morgan fingerprint density at radius 3 is 2.24 bits per heavy atom. The Labute approximate surface area is 284 Å². The van der Waals surface area contributed by atoms with Crippen LogP contribution < -0.4 is 0 Å². The van der Waals surface area contributed by atoms with Gasteiger partial charge >= 0.3 is 0 Å². The molecular weight excluding hydrogens is 733 g/mol. The van der Waals surface area contributed by atoms with Crippen LogP contribution in [0, 0.1) is 16.9 Å². The molecule has 0 saturated heterocycles. The van der Waals surface area contributed by atoms with Crippen molar-refractivity contribution in [1.82, 2.24) is 9.97 Å². The van der Waals surface area contributed by atoms with Gasteiger partial charge in [-0.2, -0.15) is 0 Å². The Morgan fingerprint density at radius 1 is 0.933 bits per heavy atom. The van der Waals surface area contributed by atoms with E-state index in [-0.39, 0.29) is 42.5 Å². The van der Waals surface area contributed by atoms with Crippen LogP contribution in [0.2, 0.25) is 0 Å². The van der Waals surface area contributed by atoms with Crippen LogP contribution in [0.4, 0.5) is 0 Å². The van der Waals surface area contributed by atoms with Crippen LogP contribution in [0.25, 0.3) is 33.2 Å². The van der Waals surface area contributed by atoms with E-state index in [1.165, 1.54) is 39.3 Å². The topological polar surface area (TPSA) is 63.1 Å². The van der Waals surface area contributed by atoms with Crippen LogP contribution in [0.3, 0.4) is 0 Å². The molecule has 0 fully saturated rings. The van der Waals surface area contributed by atoms with Crippen LogP contribution >= 0.6 is 0 Å². The number of hydrogen-bond acceptors (Lipinski definition) is 4. The number of allylic oxidation sites excluding steroid dienone is 2. The maximum absolute atomic E-state index is 12.2. The quantitative estimate of drug-likeness (QED) is 0.104. The second kappa shape index (κ2) is 15.4. The van der Waals surface area contributed by atoms with Crippen molar-refractivity contribution in [2.75, 3.05) is 0 Å². The molecule has 0 bridgehead atoms. The van der Waals surface area contributed by atoms with Crippen LogP contribution in [0.1, 0.15) is 104 Å². The molecule has 0 unspecified atom stereocenters. The number of nitrogens with zero attached hydrogens (tertiary/aromatic N) is 2. The molecule has 2 aromatic heterocycles. The molecular formula is C40H49IrN2O2-. The standard InChI is InChI=1S/C25H21N2.C15H28O2.Ir/c1-16(2)23-14-19(13-18-5-3-4-6-20(18)23)25-22-8-7-17-9-11-26-15-24(17)21(22)10-12-27-25;1-7-14(5,8-2)12(16)11-13(17)15(6,9-3)10-4;/h3-6,9-12,14-16H,7-8H2,1-2H3;11,16H,7-10H2,1-6H3;/q-1;;/b;12-11-;. The van der Waals surface area contributed by atoms with E-state index in [0.717, 1.165) is 55.2 Å². The molecule has 241 valence electrons. The maximum atomic E-state index is 12.2. The monoisotopic (exact) mass is 782 g/mol. The number of pyridine rings is 2. The zero-order chi connectivity index (χ0) is 32.1. The molecule has 5 heteroatoms. The molecule has 4 aromatic rings. The molecule has 5 rings (SSSR count). The molecule has 0 aliphatic heterocycles. The first-order valence-corrected chi connectivity index (χ1v) is 16.3. The van der Waals surface area contributed by atoms with Crippen molar-refractivity contribution in [3.05, 3.63) is 95.6 Å². The predicted octanol–water partition coefficient (Wildman–Crippen LogP) is 10.6. The van der Waals surface area contributed by atoms with Gasteiger partial charge in [0.15, 0.2) is 5.78 Å². The zero-order valence-electron chi connectivity index (χ0n) is 28.3. The van der Waals surface area contributed by atoms with Crippen molar-refractivity contribution in [3.63, 3.8) is 0 Å². The minimum Gasteiger partial charge on any atom is -0.512 e. The summed E-state index contributed by atoms with van der Waals surface area (Å²) < 4.78 is 0. The molecule has 1 N–H and O–H groups in total. The Kier molecular flexibility index (Phi) is 12.5. The summed E-state index contributed by atoms with van der Waals surface area (Å²) in [7, 11) is 0. The number of fused-ring (bicyclic) bond motifs is 4. The van der Waals surface area contributed by atoms with E-state index in [1.54, 1.807) is 0 Å². The van der Waals surface area contributed by atoms with Crippen molar-refractivity contribution < 1.29 is 30.0 Å². The first-order chi connectivity index (χ1) is 21.0. The molecule has 2 heterocycles. The fraction of sp³-hybridized carbons (Fsp3) is 0.425. The van der Waals surface area contributed by atoms with E-state index < -0.39 is 0 Å². The molecule has 1 aliphatic rings. The number of carbonyl (C=O) groups excluding carboxylic acids is 1. The molecule has 0 amide bonds. The minimum atomic E-state index is -0.337. The Morgan fingerprint density at radius 2 is 1.60 bits per heavy atom. The van der Waals surface area contributed by atoms with E-state index in [0.29, 0.717) is 5.92 Å². The van der Waals surface area contributed by atoms with Gasteiger partial charge in [-0.05, 0) is 73.3 Å². The summed E-state index contributed by atoms with van der Waals surface area (Å²) in [4.78, 5) is 21.3. The van der Waals surface area contributed by atoms with Crippen molar-refractivity contribution in [2.24, 2.45) is 10.8 Å². The largest absolute Gasteiger partial charge is 0.512 e. The molecule has 0 atom stereocenters. The molecule has 45 heavy (non-hydrogen) atoms. The summed E-state index contributed by atoms with van der Waals surface area (Å²) in [6.07, 6.45) is 12.6. The van der Waals surface area contributed by atoms with E-state index in [4.69, 9.17) is 4.98 Å². The van der Waals surface area contributed by atoms with Gasteiger partial charge < -0.3 is 5.11 Å². The van der Waals surface area contributed by atoms with Gasteiger partial charge in [-0.3, -0.25) is 14.8 Å². The zero-order valence-corrected chi connectivity index (χ0v) is 30.6. The Hall–Kier alpha value is -3.14. The van der Waals surface area contributed by atoms with E-state index in [2.05, 4.69) is 67.4 Å². The number of ketones is 1. The summed E-state index contributed by atoms with van der Waals surface area (Å²) in [5.74, 6) is 0.737. The predicted molar refractivity (Wildman–Crippen MR) is 184 cm³/mol. The van der Waals surface area contributed by atoms with E-state index in [9.17, 15) is 9.90 Å². The molecule has 0 spiro atoms. The van der Waals surface area contributed by atoms with Crippen molar-refractivity contribution >= 4 is 16.6 Å². The summed E-state index contributed by atoms with van der Waals surface area (Å²) >= 11 is 0. The fourth-order valence-corrected chi connectivity index (χ4v) is 5.92. The van der Waals surface area contributed by atoms with Crippen LogP contribution in [-0.2, 0) is 37.7 Å². The molecule has 0 saturated carbocycles. The van der Waals surface area contributed by atoms with E-state index >= 15 is 0 Å². The van der Waals surface area contributed by atoms with Gasteiger partial charge in [0.05, 0.1) is 0 Å². The van der Waals surface area contributed by atoms with Crippen LogP contribution in [-0.4, -0.2) is 20.9 Å². The molecule has 1 radical (unpaired) electrons. The number of aromatic nitrogens is 2. The number of hydrogen-bond donors (Lipinski definition) is 1. The summed E-state index contributed by atoms with van der Waals surface area (Å²) in [5.41, 5.74) is 8.12. The van der Waals surface area contributed by atoms with Crippen molar-refractivity contribution in [2.45, 2.75) is 99.8 Å². The summed E-state index contributed by atoms with van der Waals surface area (Å²) in [6, 6.07) is 18.7. The minimum absolute atomic E-state index is 0. The first kappa shape index (κ1) is 36.3. The Balaban J connectivity index is 0.000000270. The van der Waals surface area contributed by atoms with Gasteiger partial charge in [0.2, 0.25) is 0 Å². The molecule has 2 aromatic carbocycles. The first-order valence-electron chi connectivity index (χ1n) is 16.3. The number of aryl methyl sites for hydroxylation is 1. The van der Waals surface area contributed by atoms with Crippen LogP contribution in [0.15, 0.2) is 72.9 Å². The number of rotatable bonds is 9. The average molecular weight is 782 g/mol. The number of aliphatic hydroxyl groups excluding tert-OH is 1. The smallest absolute Gasteiger partial charge is 0.164 e. The second-order valence-corrected chi connectivity index (χ2v) is 13.0. The van der Waals surface area contributed by atoms with Gasteiger partial charge in [0, 0.05) is 66.9 Å². The Bertz CT molecular complexity index is 1650. The average Bonchev–Trinajstić information content (AvgIpc) is 3.06. The third kappa shape index (κ3) is 7.64. The molecule has 1 aliphatic carbocycles. The second-order valence-electron chi connectivity index (χ2n) is 13.0. The summed E-state index contributed by atoms with van der Waals surface area (Å²) in [5, 5.41) is 12.6. The van der Waals surface area contributed by atoms with Gasteiger partial charge in [0.1, 0.15) is 5.76 Å². The van der Waals surface area contributed by atoms with Crippen molar-refractivity contribution in [1.29, 1.82) is 0 Å². The van der Waals surface area contributed by atoms with Gasteiger partial charge in [-0.15, -0.1) is 29.1 Å². The third-order valence-corrected chi connectivity index (χ3v) is 10.2. The van der Waals surface area contributed by atoms with Crippen LogP contribution in [0.5, 0.6) is 0 Å². The fourth-order valence-electron chi connectivity index (χ4n) is 5.92. The maximum Gasteiger partial charge on any atom is 0.164 e. The third-order valence-electron chi connectivity index (χ3n) is 10.2. The van der Waals surface area contributed by atoms with Gasteiger partial charge in [-0.25, -0.2) is 0 Å². The summed E-state index contributed by atoms with van der Waals surface area (Å²) in [6.45, 7) is 16.6. The van der Waals surface area contributed by atoms with Gasteiger partial charge in [-0.1, -0.05) is 84.5 Å². The SMILES string of the molecule is CC(C)c1cc(-c2nccc3c2CCc2ccncc2-3)[c-]c2ccccc12.CCC(C)(CC)C(=O)/C=C(\O)C(C)(CC)CC.[Ir]. The number of aliphatic hydroxyl groups is 1. The van der Waals surface area contributed by atoms with Crippen molar-refractivity contribution in [3.8, 4) is 22.4 Å². The number of benzene rings is 2. The normalized spacial score (nSPS) is 13.0. The molecule has 4 nitrogen and oxygen atoms in total. The number of carbonyl (C=O) groups is 1.